The lowest BCUT2D eigenvalue weighted by Crippen LogP contribution is -2.40. The molecule has 3 aromatic rings. The highest BCUT2D eigenvalue weighted by Crippen LogP contribution is 2.33. The second-order valence-corrected chi connectivity index (χ2v) is 7.28. The molecule has 0 atom stereocenters. The van der Waals surface area contributed by atoms with Gasteiger partial charge in [-0.05, 0) is 54.6 Å². The Bertz CT molecular complexity index is 1120. The van der Waals surface area contributed by atoms with Crippen molar-refractivity contribution in [2.45, 2.75) is 13.8 Å². The van der Waals surface area contributed by atoms with Crippen molar-refractivity contribution in [2.75, 3.05) is 31.6 Å². The minimum atomic E-state index is 0.0433. The molecule has 0 spiro atoms. The number of fused-ring (bicyclic) bond motifs is 1. The summed E-state index contributed by atoms with van der Waals surface area (Å²) >= 11 is 0. The topological polar surface area (TPSA) is 65.4 Å². The molecule has 0 unspecified atom stereocenters. The first-order chi connectivity index (χ1) is 14.1. The summed E-state index contributed by atoms with van der Waals surface area (Å²) in [5, 5.41) is 14.7. The summed E-state index contributed by atoms with van der Waals surface area (Å²) in [7, 11) is 0. The lowest BCUT2D eigenvalue weighted by Gasteiger charge is -2.27. The number of ether oxygens (including phenoxy) is 1. The Labute approximate surface area is 170 Å². The van der Waals surface area contributed by atoms with Crippen LogP contribution in [0.25, 0.3) is 10.8 Å². The fourth-order valence-electron chi connectivity index (χ4n) is 3.85. The van der Waals surface area contributed by atoms with Gasteiger partial charge in [0.25, 0.3) is 5.91 Å². The molecule has 1 amide bonds. The SMILES string of the molecule is Cc1c(C#N)cccc1Nc1ccc(C(=O)N2CCOCC2)c2c(C)cccc12. The van der Waals surface area contributed by atoms with Gasteiger partial charge in [0, 0.05) is 35.4 Å². The molecule has 1 aliphatic rings. The van der Waals surface area contributed by atoms with Crippen molar-refractivity contribution in [3.8, 4) is 6.07 Å². The first-order valence-corrected chi connectivity index (χ1v) is 9.76. The zero-order chi connectivity index (χ0) is 20.4. The van der Waals surface area contributed by atoms with Gasteiger partial charge in [-0.3, -0.25) is 4.79 Å². The summed E-state index contributed by atoms with van der Waals surface area (Å²) in [6, 6.07) is 17.8. The fraction of sp³-hybridized carbons (Fsp3) is 0.250. The lowest BCUT2D eigenvalue weighted by molar-refractivity contribution is 0.0304. The molecule has 1 saturated heterocycles. The van der Waals surface area contributed by atoms with Crippen LogP contribution in [0.2, 0.25) is 0 Å². The van der Waals surface area contributed by atoms with Gasteiger partial charge in [0.1, 0.15) is 0 Å². The van der Waals surface area contributed by atoms with Gasteiger partial charge in [0.2, 0.25) is 0 Å². The van der Waals surface area contributed by atoms with Gasteiger partial charge in [0.15, 0.2) is 0 Å². The average Bonchev–Trinajstić information content (AvgIpc) is 2.76. The van der Waals surface area contributed by atoms with Crippen molar-refractivity contribution in [3.63, 3.8) is 0 Å². The standard InChI is InChI=1S/C24H23N3O2/c1-16-5-3-7-19-22(26-21-8-4-6-18(15-25)17(21)2)10-9-20(23(16)19)24(28)27-11-13-29-14-12-27/h3-10,26H,11-14H2,1-2H3. The number of nitrogens with one attached hydrogen (secondary N) is 1. The number of morpholine rings is 1. The first-order valence-electron chi connectivity index (χ1n) is 9.76. The smallest absolute Gasteiger partial charge is 0.254 e. The molecule has 1 N–H and O–H groups in total. The summed E-state index contributed by atoms with van der Waals surface area (Å²) in [4.78, 5) is 15.0. The molecule has 0 radical (unpaired) electrons. The molecule has 1 aliphatic heterocycles. The predicted octanol–water partition coefficient (Wildman–Crippen LogP) is 4.54. The number of nitriles is 1. The normalized spacial score (nSPS) is 13.9. The summed E-state index contributed by atoms with van der Waals surface area (Å²) in [5.41, 5.74) is 5.14. The number of hydrogen-bond acceptors (Lipinski definition) is 4. The Kier molecular flexibility index (Phi) is 5.20. The largest absolute Gasteiger partial charge is 0.378 e. The molecule has 3 aromatic carbocycles. The quantitative estimate of drug-likeness (QED) is 0.719. The summed E-state index contributed by atoms with van der Waals surface area (Å²) in [5.74, 6) is 0.0433. The molecule has 1 fully saturated rings. The molecule has 5 heteroatoms. The van der Waals surface area contributed by atoms with E-state index in [0.29, 0.717) is 37.4 Å². The summed E-state index contributed by atoms with van der Waals surface area (Å²) in [6.07, 6.45) is 0. The maximum Gasteiger partial charge on any atom is 0.254 e. The Morgan fingerprint density at radius 1 is 1.03 bits per heavy atom. The molecule has 0 saturated carbocycles. The summed E-state index contributed by atoms with van der Waals surface area (Å²) < 4.78 is 5.39. The van der Waals surface area contributed by atoms with Gasteiger partial charge in [-0.25, -0.2) is 0 Å². The highest BCUT2D eigenvalue weighted by molar-refractivity contribution is 6.12. The fourth-order valence-corrected chi connectivity index (χ4v) is 3.85. The Hall–Kier alpha value is -3.36. The highest BCUT2D eigenvalue weighted by atomic mass is 16.5. The maximum atomic E-state index is 13.2. The van der Waals surface area contributed by atoms with Gasteiger partial charge in [-0.15, -0.1) is 0 Å². The van der Waals surface area contributed by atoms with Crippen LogP contribution in [0.5, 0.6) is 0 Å². The van der Waals surface area contributed by atoms with Crippen molar-refractivity contribution < 1.29 is 9.53 Å². The number of carbonyl (C=O) groups excluding carboxylic acids is 1. The van der Waals surface area contributed by atoms with Crippen LogP contribution in [0.15, 0.2) is 48.5 Å². The van der Waals surface area contributed by atoms with E-state index in [4.69, 9.17) is 4.74 Å². The van der Waals surface area contributed by atoms with Crippen molar-refractivity contribution in [1.29, 1.82) is 5.26 Å². The summed E-state index contributed by atoms with van der Waals surface area (Å²) in [6.45, 7) is 6.36. The van der Waals surface area contributed by atoms with Crippen LogP contribution < -0.4 is 5.32 Å². The number of aryl methyl sites for hydroxylation is 1. The molecular weight excluding hydrogens is 362 g/mol. The third-order valence-corrected chi connectivity index (χ3v) is 5.50. The second-order valence-electron chi connectivity index (χ2n) is 7.28. The zero-order valence-corrected chi connectivity index (χ0v) is 16.7. The van der Waals surface area contributed by atoms with E-state index in [0.717, 1.165) is 33.3 Å². The number of amides is 1. The van der Waals surface area contributed by atoms with Gasteiger partial charge in [-0.2, -0.15) is 5.26 Å². The Morgan fingerprint density at radius 2 is 1.79 bits per heavy atom. The first kappa shape index (κ1) is 19.0. The number of benzene rings is 3. The van der Waals surface area contributed by atoms with E-state index in [1.807, 2.05) is 67.3 Å². The van der Waals surface area contributed by atoms with Crippen LogP contribution in [0.3, 0.4) is 0 Å². The van der Waals surface area contributed by atoms with Crippen LogP contribution in [-0.2, 0) is 4.74 Å². The van der Waals surface area contributed by atoms with E-state index in [1.165, 1.54) is 0 Å². The molecule has 4 rings (SSSR count). The Balaban J connectivity index is 1.79. The lowest BCUT2D eigenvalue weighted by atomic mass is 9.97. The van der Waals surface area contributed by atoms with E-state index in [1.54, 1.807) is 0 Å². The van der Waals surface area contributed by atoms with Gasteiger partial charge < -0.3 is 15.0 Å². The molecule has 146 valence electrons. The van der Waals surface area contributed by atoms with Crippen LogP contribution >= 0.6 is 0 Å². The van der Waals surface area contributed by atoms with Crippen molar-refractivity contribution in [2.24, 2.45) is 0 Å². The third-order valence-electron chi connectivity index (χ3n) is 5.50. The number of rotatable bonds is 3. The van der Waals surface area contributed by atoms with Gasteiger partial charge in [0.05, 0.1) is 24.8 Å². The van der Waals surface area contributed by atoms with Crippen molar-refractivity contribution in [3.05, 3.63) is 70.8 Å². The molecule has 0 aromatic heterocycles. The van der Waals surface area contributed by atoms with E-state index < -0.39 is 0 Å². The number of anilines is 2. The molecule has 0 aliphatic carbocycles. The number of nitrogens with zero attached hydrogens (tertiary/aromatic N) is 2. The maximum absolute atomic E-state index is 13.2. The highest BCUT2D eigenvalue weighted by Gasteiger charge is 2.22. The molecule has 0 bridgehead atoms. The molecule has 29 heavy (non-hydrogen) atoms. The monoisotopic (exact) mass is 385 g/mol. The number of carbonyl (C=O) groups is 1. The van der Waals surface area contributed by atoms with Crippen molar-refractivity contribution in [1.82, 2.24) is 4.90 Å². The average molecular weight is 385 g/mol. The van der Waals surface area contributed by atoms with Crippen LogP contribution in [0.4, 0.5) is 11.4 Å². The van der Waals surface area contributed by atoms with Gasteiger partial charge >= 0.3 is 0 Å². The zero-order valence-electron chi connectivity index (χ0n) is 16.7. The molecular formula is C24H23N3O2. The van der Waals surface area contributed by atoms with Crippen LogP contribution in [0.1, 0.15) is 27.0 Å². The third kappa shape index (κ3) is 3.55. The van der Waals surface area contributed by atoms with E-state index >= 15 is 0 Å². The molecule has 1 heterocycles. The van der Waals surface area contributed by atoms with Crippen LogP contribution in [0, 0.1) is 25.2 Å². The Morgan fingerprint density at radius 3 is 2.55 bits per heavy atom. The van der Waals surface area contributed by atoms with Gasteiger partial charge in [-0.1, -0.05) is 24.3 Å². The minimum absolute atomic E-state index is 0.0433. The minimum Gasteiger partial charge on any atom is -0.378 e. The van der Waals surface area contributed by atoms with E-state index in [-0.39, 0.29) is 5.91 Å². The van der Waals surface area contributed by atoms with E-state index in [9.17, 15) is 10.1 Å². The molecule has 5 nitrogen and oxygen atoms in total. The van der Waals surface area contributed by atoms with Crippen LogP contribution in [-0.4, -0.2) is 37.1 Å². The van der Waals surface area contributed by atoms with E-state index in [2.05, 4.69) is 11.4 Å². The number of hydrogen-bond donors (Lipinski definition) is 1. The second kappa shape index (κ2) is 7.94. The van der Waals surface area contributed by atoms with Crippen molar-refractivity contribution >= 4 is 28.1 Å². The predicted molar refractivity (Wildman–Crippen MR) is 115 cm³/mol.